The van der Waals surface area contributed by atoms with Crippen molar-refractivity contribution in [1.82, 2.24) is 15.6 Å². The summed E-state index contributed by atoms with van der Waals surface area (Å²) in [5, 5.41) is 7.12. The van der Waals surface area contributed by atoms with Gasteiger partial charge >= 0.3 is 5.97 Å². The normalized spacial score (nSPS) is 15.9. The van der Waals surface area contributed by atoms with E-state index in [9.17, 15) is 19.2 Å². The summed E-state index contributed by atoms with van der Waals surface area (Å²) in [7, 11) is 0. The van der Waals surface area contributed by atoms with Crippen molar-refractivity contribution in [2.24, 2.45) is 5.92 Å². The van der Waals surface area contributed by atoms with Gasteiger partial charge in [-0.25, -0.2) is 0 Å². The van der Waals surface area contributed by atoms with E-state index in [1.165, 1.54) is 6.07 Å². The number of hydrogen-bond donors (Lipinski definition) is 2. The van der Waals surface area contributed by atoms with E-state index < -0.39 is 36.2 Å². The number of anilines is 1. The van der Waals surface area contributed by atoms with Gasteiger partial charge in [-0.3, -0.25) is 29.6 Å². The standard InChI is InChI=1S/C19H20N4O6/c1-11-5-3-4-6-14(11)18(26)21-23-9-13(8-17(23)25)19(27)28-10-16(24)20-15-7-12(2)29-22-15/h3-7,13H,8-10H2,1-2H3,(H,21,26)(H,20,22,24)/t13-/m1/s1. The summed E-state index contributed by atoms with van der Waals surface area (Å²) < 4.78 is 9.79. The Bertz CT molecular complexity index is 954. The third-order valence-electron chi connectivity index (χ3n) is 4.33. The number of aryl methyl sites for hydroxylation is 2. The Morgan fingerprint density at radius 1 is 1.28 bits per heavy atom. The number of aromatic nitrogens is 1. The molecule has 2 heterocycles. The topological polar surface area (TPSA) is 131 Å². The largest absolute Gasteiger partial charge is 0.455 e. The number of carbonyl (C=O) groups excluding carboxylic acids is 4. The molecule has 10 nitrogen and oxygen atoms in total. The Labute approximate surface area is 166 Å². The number of nitrogens with zero attached hydrogens (tertiary/aromatic N) is 2. The fourth-order valence-corrected chi connectivity index (χ4v) is 2.84. The Kier molecular flexibility index (Phi) is 5.91. The van der Waals surface area contributed by atoms with Crippen LogP contribution in [-0.2, 0) is 19.1 Å². The molecular weight excluding hydrogens is 380 g/mol. The molecule has 0 spiro atoms. The fourth-order valence-electron chi connectivity index (χ4n) is 2.84. The van der Waals surface area contributed by atoms with Crippen LogP contribution in [0.2, 0.25) is 0 Å². The van der Waals surface area contributed by atoms with Crippen molar-refractivity contribution in [2.45, 2.75) is 20.3 Å². The third kappa shape index (κ3) is 4.98. The van der Waals surface area contributed by atoms with Crippen LogP contribution in [0.4, 0.5) is 5.82 Å². The monoisotopic (exact) mass is 400 g/mol. The molecule has 0 saturated carbocycles. The average molecular weight is 400 g/mol. The van der Waals surface area contributed by atoms with Gasteiger partial charge in [0, 0.05) is 18.1 Å². The lowest BCUT2D eigenvalue weighted by Crippen LogP contribution is -2.43. The number of hydrogen-bond acceptors (Lipinski definition) is 7. The van der Waals surface area contributed by atoms with Crippen LogP contribution in [-0.4, -0.2) is 47.0 Å². The Hall–Kier alpha value is -3.69. The molecule has 3 rings (SSSR count). The van der Waals surface area contributed by atoms with Gasteiger partial charge in [-0.2, -0.15) is 0 Å². The van der Waals surface area contributed by atoms with Gasteiger partial charge in [0.05, 0.1) is 12.5 Å². The zero-order chi connectivity index (χ0) is 21.0. The Morgan fingerprint density at radius 3 is 2.72 bits per heavy atom. The molecule has 2 N–H and O–H groups in total. The van der Waals surface area contributed by atoms with Crippen LogP contribution in [0, 0.1) is 19.8 Å². The summed E-state index contributed by atoms with van der Waals surface area (Å²) in [5.41, 5.74) is 3.71. The SMILES string of the molecule is Cc1cc(NC(=O)COC(=O)[C@@H]2CC(=O)N(NC(=O)c3ccccc3C)C2)no1. The summed E-state index contributed by atoms with van der Waals surface area (Å²) in [6, 6.07) is 8.47. The number of carbonyl (C=O) groups is 4. The molecule has 0 radical (unpaired) electrons. The smallest absolute Gasteiger partial charge is 0.311 e. The summed E-state index contributed by atoms with van der Waals surface area (Å²) in [6.45, 7) is 2.90. The molecular formula is C19H20N4O6. The number of rotatable bonds is 6. The van der Waals surface area contributed by atoms with Gasteiger partial charge in [-0.1, -0.05) is 23.4 Å². The maximum Gasteiger partial charge on any atom is 0.311 e. The molecule has 152 valence electrons. The van der Waals surface area contributed by atoms with Crippen LogP contribution in [0.15, 0.2) is 34.9 Å². The number of nitrogens with one attached hydrogen (secondary N) is 2. The molecule has 0 unspecified atom stereocenters. The van der Waals surface area contributed by atoms with E-state index >= 15 is 0 Å². The molecule has 1 aromatic heterocycles. The van der Waals surface area contributed by atoms with Crippen LogP contribution in [0.25, 0.3) is 0 Å². The first-order valence-electron chi connectivity index (χ1n) is 8.90. The molecule has 1 saturated heterocycles. The van der Waals surface area contributed by atoms with E-state index in [4.69, 9.17) is 9.26 Å². The van der Waals surface area contributed by atoms with Crippen molar-refractivity contribution in [3.8, 4) is 0 Å². The van der Waals surface area contributed by atoms with E-state index in [1.54, 1.807) is 38.1 Å². The molecule has 0 bridgehead atoms. The van der Waals surface area contributed by atoms with Gasteiger partial charge in [0.1, 0.15) is 5.76 Å². The minimum atomic E-state index is -0.776. The van der Waals surface area contributed by atoms with Crippen molar-refractivity contribution in [3.05, 3.63) is 47.2 Å². The predicted octanol–water partition coefficient (Wildman–Crippen LogP) is 0.967. The van der Waals surface area contributed by atoms with E-state index in [2.05, 4.69) is 15.9 Å². The number of ether oxygens (including phenoxy) is 1. The molecule has 2 aromatic rings. The van der Waals surface area contributed by atoms with Crippen molar-refractivity contribution in [1.29, 1.82) is 0 Å². The lowest BCUT2D eigenvalue weighted by Gasteiger charge is -2.18. The number of benzene rings is 1. The van der Waals surface area contributed by atoms with Gasteiger partial charge in [-0.05, 0) is 25.5 Å². The lowest BCUT2D eigenvalue weighted by atomic mass is 10.1. The highest BCUT2D eigenvalue weighted by atomic mass is 16.5. The zero-order valence-electron chi connectivity index (χ0n) is 15.9. The minimum Gasteiger partial charge on any atom is -0.455 e. The van der Waals surface area contributed by atoms with Crippen molar-refractivity contribution in [3.63, 3.8) is 0 Å². The highest BCUT2D eigenvalue weighted by Crippen LogP contribution is 2.18. The van der Waals surface area contributed by atoms with E-state index in [0.717, 1.165) is 10.6 Å². The number of esters is 1. The second-order valence-electron chi connectivity index (χ2n) is 6.64. The van der Waals surface area contributed by atoms with Crippen LogP contribution in [0.1, 0.15) is 28.1 Å². The summed E-state index contributed by atoms with van der Waals surface area (Å²) in [4.78, 5) is 48.5. The van der Waals surface area contributed by atoms with Crippen LogP contribution < -0.4 is 10.7 Å². The molecule has 1 aromatic carbocycles. The zero-order valence-corrected chi connectivity index (χ0v) is 15.9. The predicted molar refractivity (Wildman–Crippen MR) is 99.3 cm³/mol. The second kappa shape index (κ2) is 8.55. The Morgan fingerprint density at radius 2 is 2.03 bits per heavy atom. The quantitative estimate of drug-likeness (QED) is 0.691. The van der Waals surface area contributed by atoms with Crippen molar-refractivity contribution >= 4 is 29.5 Å². The van der Waals surface area contributed by atoms with Gasteiger partial charge in [0.15, 0.2) is 12.4 Å². The maximum atomic E-state index is 12.3. The van der Waals surface area contributed by atoms with Gasteiger partial charge in [-0.15, -0.1) is 0 Å². The van der Waals surface area contributed by atoms with E-state index in [0.29, 0.717) is 11.3 Å². The molecule has 1 fully saturated rings. The van der Waals surface area contributed by atoms with Gasteiger partial charge < -0.3 is 14.6 Å². The first-order valence-corrected chi connectivity index (χ1v) is 8.90. The van der Waals surface area contributed by atoms with Crippen molar-refractivity contribution in [2.75, 3.05) is 18.5 Å². The molecule has 29 heavy (non-hydrogen) atoms. The second-order valence-corrected chi connectivity index (χ2v) is 6.64. The van der Waals surface area contributed by atoms with Gasteiger partial charge in [0.2, 0.25) is 5.91 Å². The number of amides is 3. The summed E-state index contributed by atoms with van der Waals surface area (Å²) in [5.74, 6) is -2.16. The van der Waals surface area contributed by atoms with Gasteiger partial charge in [0.25, 0.3) is 11.8 Å². The molecule has 1 aliphatic heterocycles. The first-order chi connectivity index (χ1) is 13.8. The van der Waals surface area contributed by atoms with Crippen molar-refractivity contribution < 1.29 is 28.4 Å². The average Bonchev–Trinajstić information content (AvgIpc) is 3.25. The molecule has 1 atom stereocenters. The lowest BCUT2D eigenvalue weighted by molar-refractivity contribution is -0.151. The summed E-state index contributed by atoms with van der Waals surface area (Å²) >= 11 is 0. The molecule has 10 heteroatoms. The van der Waals surface area contributed by atoms with Crippen LogP contribution >= 0.6 is 0 Å². The van der Waals surface area contributed by atoms with Crippen LogP contribution in [0.3, 0.4) is 0 Å². The number of hydrazine groups is 1. The third-order valence-corrected chi connectivity index (χ3v) is 4.33. The van der Waals surface area contributed by atoms with E-state index in [1.807, 2.05) is 0 Å². The Balaban J connectivity index is 1.49. The maximum absolute atomic E-state index is 12.3. The molecule has 3 amide bonds. The van der Waals surface area contributed by atoms with E-state index in [-0.39, 0.29) is 18.8 Å². The highest BCUT2D eigenvalue weighted by molar-refractivity contribution is 5.97. The fraction of sp³-hybridized carbons (Fsp3) is 0.316. The first kappa shape index (κ1) is 20.1. The van der Waals surface area contributed by atoms with Crippen LogP contribution in [0.5, 0.6) is 0 Å². The summed E-state index contributed by atoms with van der Waals surface area (Å²) in [6.07, 6.45) is -0.114. The highest BCUT2D eigenvalue weighted by Gasteiger charge is 2.36. The minimum absolute atomic E-state index is 0.0284. The molecule has 1 aliphatic rings. The molecule has 0 aliphatic carbocycles.